The summed E-state index contributed by atoms with van der Waals surface area (Å²) >= 11 is 3.29. The average Bonchev–Trinajstić information content (AvgIpc) is 2.43. The van der Waals surface area contributed by atoms with E-state index in [4.69, 9.17) is 0 Å². The summed E-state index contributed by atoms with van der Waals surface area (Å²) in [6, 6.07) is 9.91. The fraction of sp³-hybridized carbons (Fsp3) is 0.200. The van der Waals surface area contributed by atoms with E-state index in [9.17, 15) is 18.3 Å². The maximum atomic E-state index is 13.2. The van der Waals surface area contributed by atoms with Crippen molar-refractivity contribution in [3.8, 4) is 5.75 Å². The zero-order valence-corrected chi connectivity index (χ0v) is 12.4. The number of alkyl halides is 2. The molecular formula is C15H12BrF3O2. The summed E-state index contributed by atoms with van der Waals surface area (Å²) in [6.45, 7) is -2.89. The van der Waals surface area contributed by atoms with Crippen molar-refractivity contribution in [1.82, 2.24) is 0 Å². The summed E-state index contributed by atoms with van der Waals surface area (Å²) in [5.41, 5.74) is 1.16. The Hall–Kier alpha value is -1.53. The Morgan fingerprint density at radius 3 is 2.38 bits per heavy atom. The van der Waals surface area contributed by atoms with Gasteiger partial charge in [-0.1, -0.05) is 28.1 Å². The summed E-state index contributed by atoms with van der Waals surface area (Å²) in [5.74, 6) is -0.367. The fourth-order valence-corrected chi connectivity index (χ4v) is 2.31. The highest BCUT2D eigenvalue weighted by atomic mass is 79.9. The van der Waals surface area contributed by atoms with E-state index < -0.39 is 12.7 Å². The zero-order chi connectivity index (χ0) is 15.4. The van der Waals surface area contributed by atoms with Gasteiger partial charge in [0, 0.05) is 10.9 Å². The Bertz CT molecular complexity index is 602. The average molecular weight is 361 g/mol. The molecule has 0 saturated carbocycles. The molecule has 2 rings (SSSR count). The second-order valence-electron chi connectivity index (χ2n) is 4.40. The van der Waals surface area contributed by atoms with E-state index in [-0.39, 0.29) is 18.0 Å². The molecule has 0 aliphatic heterocycles. The van der Waals surface area contributed by atoms with Crippen LogP contribution in [0, 0.1) is 5.82 Å². The first-order valence-electron chi connectivity index (χ1n) is 6.12. The monoisotopic (exact) mass is 360 g/mol. The predicted octanol–water partition coefficient (Wildman–Crippen LogP) is 4.47. The number of ether oxygens (including phenoxy) is 1. The molecule has 0 radical (unpaired) electrons. The molecule has 0 aliphatic rings. The minimum Gasteiger partial charge on any atom is -0.435 e. The van der Waals surface area contributed by atoms with Crippen LogP contribution < -0.4 is 4.74 Å². The van der Waals surface area contributed by atoms with Gasteiger partial charge in [0.05, 0.1) is 6.10 Å². The van der Waals surface area contributed by atoms with E-state index in [1.54, 1.807) is 6.07 Å². The molecule has 0 saturated heterocycles. The van der Waals surface area contributed by atoms with Gasteiger partial charge in [0.25, 0.3) is 0 Å². The van der Waals surface area contributed by atoms with E-state index in [0.717, 1.165) is 0 Å². The van der Waals surface area contributed by atoms with Crippen LogP contribution in [-0.4, -0.2) is 11.7 Å². The highest BCUT2D eigenvalue weighted by Gasteiger charge is 2.12. The molecule has 1 N–H and O–H groups in total. The third kappa shape index (κ3) is 4.47. The lowest BCUT2D eigenvalue weighted by Crippen LogP contribution is -2.04. The van der Waals surface area contributed by atoms with Crippen LogP contribution in [0.1, 0.15) is 17.2 Å². The van der Waals surface area contributed by atoms with Crippen LogP contribution in [0.25, 0.3) is 0 Å². The molecule has 0 aromatic heterocycles. The summed E-state index contributed by atoms with van der Waals surface area (Å²) in [6.07, 6.45) is -0.670. The third-order valence-electron chi connectivity index (χ3n) is 2.91. The summed E-state index contributed by atoms with van der Waals surface area (Å²) in [4.78, 5) is 0. The van der Waals surface area contributed by atoms with Crippen molar-refractivity contribution in [3.05, 3.63) is 63.9 Å². The summed E-state index contributed by atoms with van der Waals surface area (Å²) < 4.78 is 42.2. The van der Waals surface area contributed by atoms with Crippen LogP contribution in [0.3, 0.4) is 0 Å². The molecule has 0 aliphatic carbocycles. The smallest absolute Gasteiger partial charge is 0.387 e. The molecule has 6 heteroatoms. The van der Waals surface area contributed by atoms with Crippen molar-refractivity contribution in [1.29, 1.82) is 0 Å². The van der Waals surface area contributed by atoms with Crippen molar-refractivity contribution in [2.45, 2.75) is 19.1 Å². The second kappa shape index (κ2) is 6.95. The van der Waals surface area contributed by atoms with E-state index in [1.807, 2.05) is 0 Å². The van der Waals surface area contributed by atoms with Gasteiger partial charge in [-0.25, -0.2) is 4.39 Å². The Kier molecular flexibility index (Phi) is 5.25. The SMILES string of the molecule is OC(Cc1cc(F)ccc1Br)c1ccc(OC(F)F)cc1. The fourth-order valence-electron chi connectivity index (χ4n) is 1.90. The highest BCUT2D eigenvalue weighted by molar-refractivity contribution is 9.10. The molecule has 1 atom stereocenters. The first kappa shape index (κ1) is 15.9. The van der Waals surface area contributed by atoms with Gasteiger partial charge in [-0.05, 0) is 41.5 Å². The van der Waals surface area contributed by atoms with E-state index in [0.29, 0.717) is 15.6 Å². The molecule has 2 aromatic rings. The zero-order valence-electron chi connectivity index (χ0n) is 10.8. The van der Waals surface area contributed by atoms with Gasteiger partial charge in [0.2, 0.25) is 0 Å². The second-order valence-corrected chi connectivity index (χ2v) is 5.26. The maximum Gasteiger partial charge on any atom is 0.387 e. The lowest BCUT2D eigenvalue weighted by atomic mass is 10.0. The van der Waals surface area contributed by atoms with Crippen molar-refractivity contribution in [2.24, 2.45) is 0 Å². The van der Waals surface area contributed by atoms with E-state index in [2.05, 4.69) is 20.7 Å². The number of rotatable bonds is 5. The van der Waals surface area contributed by atoms with Crippen molar-refractivity contribution in [3.63, 3.8) is 0 Å². The Morgan fingerprint density at radius 2 is 1.76 bits per heavy atom. The van der Waals surface area contributed by atoms with Gasteiger partial charge in [-0.15, -0.1) is 0 Å². The van der Waals surface area contributed by atoms with Crippen molar-refractivity contribution < 1.29 is 23.0 Å². The molecule has 1 unspecified atom stereocenters. The van der Waals surface area contributed by atoms with Crippen LogP contribution in [-0.2, 0) is 6.42 Å². The molecule has 0 amide bonds. The van der Waals surface area contributed by atoms with Crippen LogP contribution >= 0.6 is 15.9 Å². The van der Waals surface area contributed by atoms with E-state index >= 15 is 0 Å². The molecule has 0 spiro atoms. The number of halogens is 4. The first-order valence-corrected chi connectivity index (χ1v) is 6.92. The minimum absolute atomic E-state index is 0.0212. The van der Waals surface area contributed by atoms with Gasteiger partial charge >= 0.3 is 6.61 Å². The van der Waals surface area contributed by atoms with Crippen LogP contribution in [0.5, 0.6) is 5.75 Å². The van der Waals surface area contributed by atoms with Gasteiger partial charge in [-0.3, -0.25) is 0 Å². The number of aliphatic hydroxyl groups excluding tert-OH is 1. The highest BCUT2D eigenvalue weighted by Crippen LogP contribution is 2.26. The number of hydrogen-bond donors (Lipinski definition) is 1. The van der Waals surface area contributed by atoms with Crippen molar-refractivity contribution >= 4 is 15.9 Å². The predicted molar refractivity (Wildman–Crippen MR) is 75.8 cm³/mol. The first-order chi connectivity index (χ1) is 9.95. The topological polar surface area (TPSA) is 29.5 Å². The molecule has 2 aromatic carbocycles. The molecule has 112 valence electrons. The van der Waals surface area contributed by atoms with Gasteiger partial charge < -0.3 is 9.84 Å². The standard InChI is InChI=1S/C15H12BrF3O2/c16-13-6-3-11(17)7-10(13)8-14(20)9-1-4-12(5-2-9)21-15(18)19/h1-7,14-15,20H,8H2. The normalized spacial score (nSPS) is 12.5. The largest absolute Gasteiger partial charge is 0.435 e. The number of hydrogen-bond acceptors (Lipinski definition) is 2. The molecule has 0 bridgehead atoms. The Balaban J connectivity index is 2.09. The molecular weight excluding hydrogens is 349 g/mol. The van der Waals surface area contributed by atoms with Gasteiger partial charge in [0.15, 0.2) is 0 Å². The number of aliphatic hydroxyl groups is 1. The Labute approximate surface area is 128 Å². The Morgan fingerprint density at radius 1 is 1.10 bits per heavy atom. The van der Waals surface area contributed by atoms with Crippen LogP contribution in [0.15, 0.2) is 46.9 Å². The lowest BCUT2D eigenvalue weighted by Gasteiger charge is -2.13. The lowest BCUT2D eigenvalue weighted by molar-refractivity contribution is -0.0498. The van der Waals surface area contributed by atoms with Crippen LogP contribution in [0.4, 0.5) is 13.2 Å². The quantitative estimate of drug-likeness (QED) is 0.852. The molecule has 21 heavy (non-hydrogen) atoms. The van der Waals surface area contributed by atoms with Gasteiger partial charge in [0.1, 0.15) is 11.6 Å². The third-order valence-corrected chi connectivity index (χ3v) is 3.68. The number of benzene rings is 2. The summed E-state index contributed by atoms with van der Waals surface area (Å²) in [7, 11) is 0. The van der Waals surface area contributed by atoms with Crippen molar-refractivity contribution in [2.75, 3.05) is 0 Å². The molecule has 0 fully saturated rings. The maximum absolute atomic E-state index is 13.2. The minimum atomic E-state index is -2.89. The molecule has 2 nitrogen and oxygen atoms in total. The molecule has 0 heterocycles. The van der Waals surface area contributed by atoms with Crippen LogP contribution in [0.2, 0.25) is 0 Å². The van der Waals surface area contributed by atoms with E-state index in [1.165, 1.54) is 36.4 Å². The summed E-state index contributed by atoms with van der Waals surface area (Å²) in [5, 5.41) is 10.1. The van der Waals surface area contributed by atoms with Gasteiger partial charge in [-0.2, -0.15) is 8.78 Å².